The number of oxazole rings is 1. The summed E-state index contributed by atoms with van der Waals surface area (Å²) in [7, 11) is 3.17. The van der Waals surface area contributed by atoms with Crippen LogP contribution in [0.25, 0.3) is 11.5 Å². The molecule has 3 rings (SSSR count). The van der Waals surface area contributed by atoms with Crippen LogP contribution in [0.15, 0.2) is 46.9 Å². The van der Waals surface area contributed by atoms with Gasteiger partial charge in [-0.05, 0) is 42.0 Å². The van der Waals surface area contributed by atoms with Crippen LogP contribution in [-0.4, -0.2) is 19.2 Å². The number of hydrogen-bond acceptors (Lipinski definition) is 6. The summed E-state index contributed by atoms with van der Waals surface area (Å²) in [4.78, 5) is 4.22. The van der Waals surface area contributed by atoms with Crippen LogP contribution in [0.2, 0.25) is 5.02 Å². The topological polar surface area (TPSA) is 80.3 Å². The molecule has 0 radical (unpaired) electrons. The second-order valence-corrected chi connectivity index (χ2v) is 5.79. The largest absolute Gasteiger partial charge is 0.493 e. The Hall–Kier alpha value is -3.17. The number of ether oxygens (including phenoxy) is 2. The summed E-state index contributed by atoms with van der Waals surface area (Å²) in [6.07, 6.45) is 0. The van der Waals surface area contributed by atoms with E-state index in [-0.39, 0.29) is 5.69 Å². The molecule has 0 aliphatic heterocycles. The van der Waals surface area contributed by atoms with E-state index >= 15 is 0 Å². The number of aromatic nitrogens is 1. The number of anilines is 1. The molecule has 0 spiro atoms. The molecule has 0 atom stereocenters. The highest BCUT2D eigenvalue weighted by atomic mass is 35.5. The van der Waals surface area contributed by atoms with E-state index in [4.69, 9.17) is 25.5 Å². The molecule has 0 aliphatic rings. The minimum atomic E-state index is 0.190. The number of hydrogen-bond donors (Lipinski definition) is 1. The molecular formula is C19H16ClN3O3. The molecule has 2 aromatic carbocycles. The van der Waals surface area contributed by atoms with Gasteiger partial charge in [0.15, 0.2) is 11.5 Å². The monoisotopic (exact) mass is 369 g/mol. The number of nitrogens with zero attached hydrogens (tertiary/aromatic N) is 2. The predicted molar refractivity (Wildman–Crippen MR) is 98.5 cm³/mol. The fraction of sp³-hybridized carbons (Fsp3) is 0.158. The molecule has 0 amide bonds. The van der Waals surface area contributed by atoms with Gasteiger partial charge < -0.3 is 19.2 Å². The van der Waals surface area contributed by atoms with Crippen molar-refractivity contribution >= 4 is 17.5 Å². The number of benzene rings is 2. The van der Waals surface area contributed by atoms with E-state index in [0.29, 0.717) is 34.8 Å². The van der Waals surface area contributed by atoms with Gasteiger partial charge in [-0.25, -0.2) is 0 Å². The van der Waals surface area contributed by atoms with Gasteiger partial charge >= 0.3 is 0 Å². The average molecular weight is 370 g/mol. The van der Waals surface area contributed by atoms with Crippen LogP contribution in [-0.2, 0) is 6.54 Å². The molecule has 0 aliphatic carbocycles. The van der Waals surface area contributed by atoms with E-state index in [1.165, 1.54) is 0 Å². The van der Waals surface area contributed by atoms with Crippen LogP contribution in [0.5, 0.6) is 11.5 Å². The minimum absolute atomic E-state index is 0.190. The lowest BCUT2D eigenvalue weighted by molar-refractivity contribution is 0.354. The highest BCUT2D eigenvalue weighted by Gasteiger charge is 2.14. The number of nitrogens with one attached hydrogen (secondary N) is 1. The van der Waals surface area contributed by atoms with Crippen molar-refractivity contribution < 1.29 is 13.9 Å². The van der Waals surface area contributed by atoms with Gasteiger partial charge in [0.25, 0.3) is 0 Å². The van der Waals surface area contributed by atoms with Crippen molar-refractivity contribution in [2.45, 2.75) is 6.54 Å². The SMILES string of the molecule is COc1ccc(CNc2oc(-c3ccc(Cl)cc3)nc2C#N)cc1OC. The summed E-state index contributed by atoms with van der Waals surface area (Å²) in [6, 6.07) is 14.7. The van der Waals surface area contributed by atoms with Crippen LogP contribution in [0, 0.1) is 11.3 Å². The van der Waals surface area contributed by atoms with Crippen molar-refractivity contribution in [1.29, 1.82) is 5.26 Å². The Morgan fingerprint density at radius 3 is 2.50 bits per heavy atom. The Morgan fingerprint density at radius 2 is 1.85 bits per heavy atom. The van der Waals surface area contributed by atoms with E-state index in [2.05, 4.69) is 10.3 Å². The third-order valence-corrected chi connectivity index (χ3v) is 3.98. The Labute approximate surface area is 155 Å². The zero-order chi connectivity index (χ0) is 18.5. The lowest BCUT2D eigenvalue weighted by atomic mass is 10.2. The quantitative estimate of drug-likeness (QED) is 0.689. The molecule has 0 fully saturated rings. The highest BCUT2D eigenvalue weighted by molar-refractivity contribution is 6.30. The maximum absolute atomic E-state index is 9.30. The van der Waals surface area contributed by atoms with Crippen LogP contribution in [0.4, 0.5) is 5.88 Å². The van der Waals surface area contributed by atoms with Crippen molar-refractivity contribution in [1.82, 2.24) is 4.98 Å². The molecule has 0 saturated heterocycles. The van der Waals surface area contributed by atoms with E-state index < -0.39 is 0 Å². The molecule has 6 nitrogen and oxygen atoms in total. The smallest absolute Gasteiger partial charge is 0.232 e. The fourth-order valence-electron chi connectivity index (χ4n) is 2.40. The van der Waals surface area contributed by atoms with Crippen molar-refractivity contribution in [3.8, 4) is 29.0 Å². The molecule has 132 valence electrons. The van der Waals surface area contributed by atoms with Crippen LogP contribution in [0.3, 0.4) is 0 Å². The Morgan fingerprint density at radius 1 is 1.12 bits per heavy atom. The summed E-state index contributed by atoms with van der Waals surface area (Å²) < 4.78 is 16.2. The van der Waals surface area contributed by atoms with Gasteiger partial charge in [0, 0.05) is 17.1 Å². The molecule has 0 unspecified atom stereocenters. The van der Waals surface area contributed by atoms with Crippen LogP contribution >= 0.6 is 11.6 Å². The van der Waals surface area contributed by atoms with E-state index in [0.717, 1.165) is 11.1 Å². The molecule has 26 heavy (non-hydrogen) atoms. The molecule has 0 saturated carbocycles. The van der Waals surface area contributed by atoms with Gasteiger partial charge in [0.2, 0.25) is 17.5 Å². The minimum Gasteiger partial charge on any atom is -0.493 e. The summed E-state index contributed by atoms with van der Waals surface area (Å²) in [6.45, 7) is 0.435. The Kier molecular flexibility index (Phi) is 5.30. The molecule has 1 aromatic heterocycles. The van der Waals surface area contributed by atoms with Crippen LogP contribution < -0.4 is 14.8 Å². The first kappa shape index (κ1) is 17.6. The fourth-order valence-corrected chi connectivity index (χ4v) is 2.53. The average Bonchev–Trinajstić information content (AvgIpc) is 3.09. The number of rotatable bonds is 6. The van der Waals surface area contributed by atoms with Crippen molar-refractivity contribution in [3.63, 3.8) is 0 Å². The molecule has 1 N–H and O–H groups in total. The van der Waals surface area contributed by atoms with Crippen molar-refractivity contribution in [3.05, 3.63) is 58.7 Å². The van der Waals surface area contributed by atoms with E-state index in [1.54, 1.807) is 38.5 Å². The Bertz CT molecular complexity index is 946. The second-order valence-electron chi connectivity index (χ2n) is 5.36. The van der Waals surface area contributed by atoms with Gasteiger partial charge in [-0.3, -0.25) is 0 Å². The first-order valence-corrected chi connectivity index (χ1v) is 8.14. The maximum atomic E-state index is 9.30. The number of methoxy groups -OCH3 is 2. The normalized spacial score (nSPS) is 10.2. The van der Waals surface area contributed by atoms with Crippen molar-refractivity contribution in [2.24, 2.45) is 0 Å². The van der Waals surface area contributed by atoms with Gasteiger partial charge in [0.05, 0.1) is 14.2 Å². The highest BCUT2D eigenvalue weighted by Crippen LogP contribution is 2.29. The van der Waals surface area contributed by atoms with E-state index in [1.807, 2.05) is 24.3 Å². The third kappa shape index (κ3) is 3.73. The first-order chi connectivity index (χ1) is 12.6. The van der Waals surface area contributed by atoms with Gasteiger partial charge in [-0.15, -0.1) is 0 Å². The standard InChI is InChI=1S/C19H16ClN3O3/c1-24-16-8-3-12(9-17(16)25-2)11-22-19-15(10-21)23-18(26-19)13-4-6-14(20)7-5-13/h3-9,22H,11H2,1-2H3. The van der Waals surface area contributed by atoms with E-state index in [9.17, 15) is 5.26 Å². The van der Waals surface area contributed by atoms with Crippen LogP contribution in [0.1, 0.15) is 11.3 Å². The predicted octanol–water partition coefficient (Wildman–Crippen LogP) is 4.50. The summed E-state index contributed by atoms with van der Waals surface area (Å²) in [5.74, 6) is 1.95. The zero-order valence-electron chi connectivity index (χ0n) is 14.2. The van der Waals surface area contributed by atoms with Gasteiger partial charge in [0.1, 0.15) is 6.07 Å². The lowest BCUT2D eigenvalue weighted by Gasteiger charge is -2.10. The Balaban J connectivity index is 1.80. The summed E-state index contributed by atoms with van der Waals surface area (Å²) in [5.41, 5.74) is 1.87. The lowest BCUT2D eigenvalue weighted by Crippen LogP contribution is -2.01. The van der Waals surface area contributed by atoms with Gasteiger partial charge in [-0.1, -0.05) is 17.7 Å². The molecule has 3 aromatic rings. The van der Waals surface area contributed by atoms with Crippen molar-refractivity contribution in [2.75, 3.05) is 19.5 Å². The summed E-state index contributed by atoms with van der Waals surface area (Å²) >= 11 is 5.89. The number of nitriles is 1. The molecular weight excluding hydrogens is 354 g/mol. The molecule has 1 heterocycles. The maximum Gasteiger partial charge on any atom is 0.232 e. The molecule has 7 heteroatoms. The zero-order valence-corrected chi connectivity index (χ0v) is 15.0. The molecule has 0 bridgehead atoms. The summed E-state index contributed by atoms with van der Waals surface area (Å²) in [5, 5.41) is 13.0. The first-order valence-electron chi connectivity index (χ1n) is 7.76. The van der Waals surface area contributed by atoms with Gasteiger partial charge in [-0.2, -0.15) is 10.2 Å². The third-order valence-electron chi connectivity index (χ3n) is 3.73. The second kappa shape index (κ2) is 7.81. The number of halogens is 1.